The van der Waals surface area contributed by atoms with Gasteiger partial charge in [0.2, 0.25) is 0 Å². The number of hydrogen-bond donors (Lipinski definition) is 0. The number of aryl methyl sites for hydroxylation is 1. The number of carbonyl (C=O) groups excluding carboxylic acids is 1. The Morgan fingerprint density at radius 2 is 1.71 bits per heavy atom. The molecule has 0 amide bonds. The minimum atomic E-state index is -3.83. The highest BCUT2D eigenvalue weighted by molar-refractivity contribution is 7.92. The highest BCUT2D eigenvalue weighted by Crippen LogP contribution is 2.62. The third-order valence-electron chi connectivity index (χ3n) is 4.48. The van der Waals surface area contributed by atoms with Crippen molar-refractivity contribution >= 4 is 27.7 Å². The summed E-state index contributed by atoms with van der Waals surface area (Å²) in [7, 11) is -3.83. The molecule has 0 aliphatic heterocycles. The molecule has 0 unspecified atom stereocenters. The van der Waals surface area contributed by atoms with Crippen LogP contribution in [-0.2, 0) is 14.6 Å². The van der Waals surface area contributed by atoms with E-state index in [0.717, 1.165) is 5.56 Å². The highest BCUT2D eigenvalue weighted by Gasteiger charge is 2.72. The van der Waals surface area contributed by atoms with Crippen molar-refractivity contribution < 1.29 is 13.2 Å². The molecule has 24 heavy (non-hydrogen) atoms. The van der Waals surface area contributed by atoms with Gasteiger partial charge in [0.05, 0.1) is 11.0 Å². The van der Waals surface area contributed by atoms with Gasteiger partial charge in [-0.25, -0.2) is 8.42 Å². The molecule has 2 aromatic rings. The average Bonchev–Trinajstić information content (AvgIpc) is 3.26. The third kappa shape index (κ3) is 2.43. The molecule has 4 nitrogen and oxygen atoms in total. The molecular formula is C18H14ClNO3S. The smallest absolute Gasteiger partial charge is 0.183 e. The van der Waals surface area contributed by atoms with Crippen molar-refractivity contribution in [1.29, 1.82) is 5.26 Å². The first kappa shape index (κ1) is 16.7. The van der Waals surface area contributed by atoms with Crippen LogP contribution in [-0.4, -0.2) is 20.0 Å². The van der Waals surface area contributed by atoms with E-state index in [9.17, 15) is 18.5 Å². The second-order valence-corrected chi connectivity index (χ2v) is 8.48. The summed E-state index contributed by atoms with van der Waals surface area (Å²) in [5, 5.41) is 8.83. The fraction of sp³-hybridized carbons (Fsp3) is 0.222. The molecule has 1 aliphatic rings. The van der Waals surface area contributed by atoms with E-state index in [4.69, 9.17) is 11.6 Å². The Labute approximate surface area is 145 Å². The minimum Gasteiger partial charge on any atom is -0.302 e. The van der Waals surface area contributed by atoms with Gasteiger partial charge in [0.25, 0.3) is 0 Å². The summed E-state index contributed by atoms with van der Waals surface area (Å²) in [6, 6.07) is 14.9. The number of nitriles is 1. The lowest BCUT2D eigenvalue weighted by molar-refractivity contribution is -0.110. The van der Waals surface area contributed by atoms with Crippen LogP contribution in [0.4, 0.5) is 0 Å². The van der Waals surface area contributed by atoms with Gasteiger partial charge in [-0.1, -0.05) is 41.4 Å². The van der Waals surface area contributed by atoms with Gasteiger partial charge in [-0.3, -0.25) is 0 Å². The number of halogens is 1. The lowest BCUT2D eigenvalue weighted by atomic mass is 10.0. The summed E-state index contributed by atoms with van der Waals surface area (Å²) in [5.74, 6) is -0.665. The van der Waals surface area contributed by atoms with Gasteiger partial charge in [0.15, 0.2) is 9.84 Å². The molecule has 122 valence electrons. The molecule has 0 aromatic heterocycles. The standard InChI is InChI=1S/C18H14ClNO3S/c1-12-2-4-13(5-3-12)16-17(18(16,10-20)11-21)24(22,23)15-8-6-14(19)7-9-15/h2-9,11,16-17H,1H3/t16-,17-,18+/m1/s1. The summed E-state index contributed by atoms with van der Waals surface area (Å²) >= 11 is 5.80. The van der Waals surface area contributed by atoms with E-state index in [2.05, 4.69) is 0 Å². The van der Waals surface area contributed by atoms with E-state index >= 15 is 0 Å². The maximum absolute atomic E-state index is 12.9. The molecule has 3 atom stereocenters. The molecule has 1 fully saturated rings. The summed E-state index contributed by atoms with van der Waals surface area (Å²) < 4.78 is 25.9. The molecule has 1 saturated carbocycles. The Morgan fingerprint density at radius 3 is 2.21 bits per heavy atom. The zero-order valence-electron chi connectivity index (χ0n) is 12.8. The predicted octanol–water partition coefficient (Wildman–Crippen LogP) is 3.30. The molecule has 1 aliphatic carbocycles. The maximum Gasteiger partial charge on any atom is 0.183 e. The number of aldehydes is 1. The van der Waals surface area contributed by atoms with Crippen LogP contribution in [0.3, 0.4) is 0 Å². The van der Waals surface area contributed by atoms with Crippen molar-refractivity contribution in [3.63, 3.8) is 0 Å². The van der Waals surface area contributed by atoms with Crippen LogP contribution in [0, 0.1) is 23.7 Å². The van der Waals surface area contributed by atoms with E-state index in [1.807, 2.05) is 25.1 Å². The SMILES string of the molecule is Cc1ccc([C@@H]2[C@@H](S(=O)(=O)c3ccc(Cl)cc3)[C@@]2(C#N)C=O)cc1. The number of benzene rings is 2. The lowest BCUT2D eigenvalue weighted by Crippen LogP contribution is -2.16. The van der Waals surface area contributed by atoms with Gasteiger partial charge in [-0.2, -0.15) is 5.26 Å². The fourth-order valence-electron chi connectivity index (χ4n) is 3.11. The number of carbonyl (C=O) groups is 1. The molecular weight excluding hydrogens is 346 g/mol. The van der Waals surface area contributed by atoms with Crippen LogP contribution in [0.2, 0.25) is 5.02 Å². The van der Waals surface area contributed by atoms with Crippen LogP contribution in [0.25, 0.3) is 0 Å². The topological polar surface area (TPSA) is 75.0 Å². The predicted molar refractivity (Wildman–Crippen MR) is 90.5 cm³/mol. The first-order chi connectivity index (χ1) is 11.4. The van der Waals surface area contributed by atoms with Crippen molar-refractivity contribution in [1.82, 2.24) is 0 Å². The van der Waals surface area contributed by atoms with E-state index < -0.39 is 26.4 Å². The molecule has 6 heteroatoms. The van der Waals surface area contributed by atoms with Gasteiger partial charge in [-0.15, -0.1) is 0 Å². The van der Waals surface area contributed by atoms with Crippen molar-refractivity contribution in [2.75, 3.05) is 0 Å². The Morgan fingerprint density at radius 1 is 1.12 bits per heavy atom. The Hall–Kier alpha value is -2.16. The lowest BCUT2D eigenvalue weighted by Gasteiger charge is -2.04. The molecule has 0 saturated heterocycles. The van der Waals surface area contributed by atoms with Gasteiger partial charge >= 0.3 is 0 Å². The number of hydrogen-bond acceptors (Lipinski definition) is 4. The van der Waals surface area contributed by atoms with Crippen molar-refractivity contribution in [3.8, 4) is 6.07 Å². The fourth-order valence-corrected chi connectivity index (χ4v) is 5.47. The zero-order valence-corrected chi connectivity index (χ0v) is 14.4. The van der Waals surface area contributed by atoms with Crippen LogP contribution < -0.4 is 0 Å². The summed E-state index contributed by atoms with van der Waals surface area (Å²) in [6.45, 7) is 1.91. The number of nitrogens with zero attached hydrogens (tertiary/aromatic N) is 1. The Kier molecular flexibility index (Phi) is 3.98. The summed E-state index contributed by atoms with van der Waals surface area (Å²) in [6.07, 6.45) is 0.468. The van der Waals surface area contributed by atoms with Crippen LogP contribution in [0.15, 0.2) is 53.4 Å². The molecule has 2 aromatic carbocycles. The quantitative estimate of drug-likeness (QED) is 0.785. The van der Waals surface area contributed by atoms with E-state index in [-0.39, 0.29) is 4.90 Å². The average molecular weight is 360 g/mol. The zero-order chi connectivity index (χ0) is 17.5. The third-order valence-corrected chi connectivity index (χ3v) is 6.99. The van der Waals surface area contributed by atoms with Gasteiger partial charge in [0.1, 0.15) is 17.0 Å². The highest BCUT2D eigenvalue weighted by atomic mass is 35.5. The van der Waals surface area contributed by atoms with Crippen molar-refractivity contribution in [2.24, 2.45) is 5.41 Å². The first-order valence-corrected chi connectivity index (χ1v) is 9.23. The largest absolute Gasteiger partial charge is 0.302 e. The van der Waals surface area contributed by atoms with Crippen molar-refractivity contribution in [3.05, 3.63) is 64.7 Å². The van der Waals surface area contributed by atoms with Gasteiger partial charge in [0, 0.05) is 10.9 Å². The molecule has 0 spiro atoms. The Balaban J connectivity index is 2.08. The number of rotatable bonds is 4. The second kappa shape index (κ2) is 5.73. The Bertz CT molecular complexity index is 930. The second-order valence-electron chi connectivity index (χ2n) is 5.97. The monoisotopic (exact) mass is 359 g/mol. The number of sulfone groups is 1. The molecule has 0 N–H and O–H groups in total. The van der Waals surface area contributed by atoms with Crippen LogP contribution in [0.5, 0.6) is 0 Å². The van der Waals surface area contributed by atoms with E-state index in [0.29, 0.717) is 16.9 Å². The van der Waals surface area contributed by atoms with E-state index in [1.54, 1.807) is 12.1 Å². The van der Waals surface area contributed by atoms with Crippen LogP contribution >= 0.6 is 11.6 Å². The summed E-state index contributed by atoms with van der Waals surface area (Å²) in [5.41, 5.74) is 0.148. The first-order valence-electron chi connectivity index (χ1n) is 7.30. The van der Waals surface area contributed by atoms with Gasteiger partial charge in [-0.05, 0) is 36.8 Å². The van der Waals surface area contributed by atoms with Crippen LogP contribution in [0.1, 0.15) is 17.0 Å². The molecule has 0 radical (unpaired) electrons. The minimum absolute atomic E-state index is 0.0630. The molecule has 0 bridgehead atoms. The maximum atomic E-state index is 12.9. The van der Waals surface area contributed by atoms with E-state index in [1.165, 1.54) is 24.3 Å². The normalized spacial score (nSPS) is 25.7. The molecule has 0 heterocycles. The molecule has 3 rings (SSSR count). The summed E-state index contributed by atoms with van der Waals surface area (Å²) in [4.78, 5) is 11.7. The van der Waals surface area contributed by atoms with Gasteiger partial charge < -0.3 is 4.79 Å². The van der Waals surface area contributed by atoms with Crippen molar-refractivity contribution in [2.45, 2.75) is 23.0 Å².